The number of hydrogen-bond donors (Lipinski definition) is 31. The van der Waals surface area contributed by atoms with Gasteiger partial charge in [0.1, 0.15) is 238 Å². The summed E-state index contributed by atoms with van der Waals surface area (Å²) >= 11 is 0. The number of carbonyl (C=O) groups excluding carboxylic acids is 5. The van der Waals surface area contributed by atoms with Crippen molar-refractivity contribution in [3.8, 4) is 0 Å². The van der Waals surface area contributed by atoms with Crippen molar-refractivity contribution < 1.29 is 247 Å². The molecular formula is C70H117N5O50. The third kappa shape index (κ3) is 22.9. The van der Waals surface area contributed by atoms with E-state index in [0.29, 0.717) is 0 Å². The zero-order valence-electron chi connectivity index (χ0n) is 67.7. The zero-order chi connectivity index (χ0) is 92.1. The summed E-state index contributed by atoms with van der Waals surface area (Å²) in [5, 5.41) is 306. The van der Waals surface area contributed by atoms with E-state index >= 15 is 0 Å². The van der Waals surface area contributed by atoms with Crippen LogP contribution in [0.25, 0.3) is 0 Å². The van der Waals surface area contributed by atoms with E-state index in [1.807, 2.05) is 0 Å². The first-order chi connectivity index (χ1) is 59.1. The number of aliphatic hydroxyl groups excluding tert-OH is 26. The third-order valence-corrected chi connectivity index (χ3v) is 22.8. The summed E-state index contributed by atoms with van der Waals surface area (Å²) in [6.07, 6.45) is -95.4. The first-order valence-electron chi connectivity index (χ1n) is 40.0. The van der Waals surface area contributed by atoms with Gasteiger partial charge in [0.2, 0.25) is 29.5 Å². The summed E-state index contributed by atoms with van der Waals surface area (Å²) in [6.45, 7) is -4.43. The number of amides is 5. The SMILES string of the molecule is CC(=O)N[C@@H]1[C@@H](O)[C@H](O[C@@H]2O[C@H](CO)[C@@H](O[C@@H]3O[C@H](CO[C@H]4O[C@H](CO)[C@@H](O)[C@H](O)[C@@H]4O[C@@H]4O[C@H](CO)[C@@H](O)[C@H](O)[C@H]4NC(C)=O)[C@@H](O)[C@H](O[C@H]4O[C@H](CO)[C@@H](O[C@@H]5O[C@H](CO)[C@@H](O)[C@H](O)[C@H]5NC(C)=O)[C@H](O)[C@@H]4O[C@@H]4O[C@H](CO)[C@@H](O[C@@H]5O[C@H](CO)[C@H](O)[C@H](O)[C@H]5O[C@@H]5O[C@@H](C)[C@@H](O)[C@@H](O)[C@@H]5O)[C@H](O)[C@H]4NC(C)=O)[C@@H]3O)[C@H](O)[C@H]2NC(C)=O)[C@@H](CO)O[C@H]1O. The molecule has 10 aliphatic rings. The van der Waals surface area contributed by atoms with Crippen LogP contribution in [0.15, 0.2) is 0 Å². The van der Waals surface area contributed by atoms with Gasteiger partial charge >= 0.3 is 0 Å². The first-order valence-corrected chi connectivity index (χ1v) is 40.0. The van der Waals surface area contributed by atoms with Crippen molar-refractivity contribution in [3.63, 3.8) is 0 Å². The first kappa shape index (κ1) is 103. The maximum absolute atomic E-state index is 13.5. The van der Waals surface area contributed by atoms with Crippen LogP contribution in [-0.4, -0.2) is 529 Å². The maximum Gasteiger partial charge on any atom is 0.217 e. The van der Waals surface area contributed by atoms with E-state index in [9.17, 15) is 157 Å². The number of aliphatic hydroxyl groups is 26. The van der Waals surface area contributed by atoms with Gasteiger partial charge in [0.15, 0.2) is 62.9 Å². The second-order valence-electron chi connectivity index (χ2n) is 31.7. The van der Waals surface area contributed by atoms with Gasteiger partial charge in [-0.3, -0.25) is 24.0 Å². The highest BCUT2D eigenvalue weighted by atomic mass is 16.8. The quantitative estimate of drug-likeness (QED) is 0.0297. The maximum atomic E-state index is 13.5. The lowest BCUT2D eigenvalue weighted by Gasteiger charge is -2.52. The Balaban J connectivity index is 1.05. The molecule has 0 unspecified atom stereocenters. The Bertz CT molecular complexity index is 3420. The minimum Gasteiger partial charge on any atom is -0.394 e. The van der Waals surface area contributed by atoms with Gasteiger partial charge in [-0.15, -0.1) is 0 Å². The molecule has 0 radical (unpaired) electrons. The van der Waals surface area contributed by atoms with Crippen molar-refractivity contribution in [2.24, 2.45) is 0 Å². The highest BCUT2D eigenvalue weighted by molar-refractivity contribution is 5.75. The Morgan fingerprint density at radius 1 is 0.224 bits per heavy atom. The fraction of sp³-hybridized carbons (Fsp3) is 0.929. The molecule has 55 nitrogen and oxygen atoms in total. The summed E-state index contributed by atoms with van der Waals surface area (Å²) in [6, 6.07) is -9.45. The predicted molar refractivity (Wildman–Crippen MR) is 386 cm³/mol. The van der Waals surface area contributed by atoms with Gasteiger partial charge in [0.05, 0.1) is 65.6 Å². The molecule has 722 valence electrons. The second-order valence-corrected chi connectivity index (χ2v) is 31.7. The molecule has 50 atom stereocenters. The Morgan fingerprint density at radius 3 is 0.888 bits per heavy atom. The molecule has 0 aromatic heterocycles. The Labute approximate surface area is 708 Å². The van der Waals surface area contributed by atoms with E-state index in [1.165, 1.54) is 6.92 Å². The lowest BCUT2D eigenvalue weighted by Crippen LogP contribution is -2.71. The summed E-state index contributed by atoms with van der Waals surface area (Å²) < 4.78 is 115. The van der Waals surface area contributed by atoms with Gasteiger partial charge < -0.3 is 249 Å². The molecule has 10 saturated heterocycles. The average molecular weight is 1830 g/mol. The predicted octanol–water partition coefficient (Wildman–Crippen LogP) is -21.1. The summed E-state index contributed by atoms with van der Waals surface area (Å²) in [4.78, 5) is 64.1. The molecule has 125 heavy (non-hydrogen) atoms. The van der Waals surface area contributed by atoms with E-state index in [-0.39, 0.29) is 0 Å². The van der Waals surface area contributed by atoms with Crippen molar-refractivity contribution in [2.45, 2.75) is 348 Å². The standard InChI is InChI=1S/C70H117N5O50/c1-16-36(89)47(100)50(103)66(108-16)125-59-49(102)40(93)25(10-79)113-69(59)121-55-28(13-82)115-65(35(46(55)99)75-21(6)88)124-60-51(104)56(119-62-32(72-18(3)85)42(95)37(90)22(7-76)110-62)29(14-83)116-70(60)122-57-41(94)30(15-107-68-58(48(101)39(92)24(9-78)112-68)123-63-33(73-19(4)86)43(96)38(91)23(8-77)111-63)117-67(52(57)105)120-54-27(12-81)114-64(34(45(54)98)74-20(5)87)118-53-26(11-80)109-61(106)31(44(53)97)71-17(2)84/h16,22-70,76-83,89-106H,7-15H2,1-6H3,(H,71,84)(H,72,85)(H,73,86)(H,74,87)(H,75,88)/t16-,22+,23+,24+,25+,26+,27+,28+,29+,30+,31+,32+,33+,34+,35+,36+,37+,38+,39+,40-,41+,42+,43+,44+,45+,46+,47+,48-,49-,50-,51-,52-,53+,54+,55+,56+,57-,58-,59+,60-,61+,62-,63-,64-,65-,66-,67-,68-,69-,70+/m0/s1. The molecule has 0 aromatic carbocycles. The van der Waals surface area contributed by atoms with Crippen LogP contribution in [0.5, 0.6) is 0 Å². The van der Waals surface area contributed by atoms with E-state index in [4.69, 9.17) is 90.0 Å². The topological polar surface area (TPSA) is 847 Å². The molecule has 0 aliphatic carbocycles. The number of hydrogen-bond acceptors (Lipinski definition) is 50. The van der Waals surface area contributed by atoms with E-state index in [1.54, 1.807) is 0 Å². The lowest BCUT2D eigenvalue weighted by atomic mass is 9.93. The van der Waals surface area contributed by atoms with Crippen LogP contribution in [0.2, 0.25) is 0 Å². The van der Waals surface area contributed by atoms with Gasteiger partial charge in [-0.1, -0.05) is 0 Å². The number of ether oxygens (including phenoxy) is 19. The minimum atomic E-state index is -2.68. The highest BCUT2D eigenvalue weighted by Crippen LogP contribution is 2.42. The normalized spacial score (nSPS) is 48.7. The average Bonchev–Trinajstić information content (AvgIpc) is 0.762. The van der Waals surface area contributed by atoms with Gasteiger partial charge in [0.25, 0.3) is 0 Å². The number of carbonyl (C=O) groups is 5. The Kier molecular flexibility index (Phi) is 36.8. The highest BCUT2D eigenvalue weighted by Gasteiger charge is 2.62. The van der Waals surface area contributed by atoms with E-state index < -0.39 is 396 Å². The molecule has 0 aromatic rings. The van der Waals surface area contributed by atoms with Crippen LogP contribution >= 0.6 is 0 Å². The molecule has 55 heteroatoms. The van der Waals surface area contributed by atoms with Crippen LogP contribution in [-0.2, 0) is 114 Å². The van der Waals surface area contributed by atoms with Crippen LogP contribution < -0.4 is 26.6 Å². The second kappa shape index (κ2) is 44.9. The van der Waals surface area contributed by atoms with Gasteiger partial charge in [-0.2, -0.15) is 0 Å². The van der Waals surface area contributed by atoms with Gasteiger partial charge in [-0.25, -0.2) is 0 Å². The van der Waals surface area contributed by atoms with Crippen molar-refractivity contribution in [3.05, 3.63) is 0 Å². The van der Waals surface area contributed by atoms with Crippen molar-refractivity contribution in [2.75, 3.05) is 59.5 Å². The van der Waals surface area contributed by atoms with E-state index in [2.05, 4.69) is 26.6 Å². The van der Waals surface area contributed by atoms with Crippen LogP contribution in [0.4, 0.5) is 0 Å². The lowest BCUT2D eigenvalue weighted by molar-refractivity contribution is -0.407. The molecule has 0 bridgehead atoms. The molecule has 10 fully saturated rings. The van der Waals surface area contributed by atoms with Gasteiger partial charge in [-0.05, 0) is 6.92 Å². The summed E-state index contributed by atoms with van der Waals surface area (Å²) in [5.74, 6) is -4.63. The molecule has 10 aliphatic heterocycles. The van der Waals surface area contributed by atoms with E-state index in [0.717, 1.165) is 34.6 Å². The molecule has 10 rings (SSSR count). The fourth-order valence-corrected chi connectivity index (χ4v) is 16.3. The van der Waals surface area contributed by atoms with Crippen molar-refractivity contribution in [1.82, 2.24) is 26.6 Å². The molecule has 0 spiro atoms. The summed E-state index contributed by atoms with van der Waals surface area (Å²) in [7, 11) is 0. The fourth-order valence-electron chi connectivity index (χ4n) is 16.3. The van der Waals surface area contributed by atoms with Crippen LogP contribution in [0.1, 0.15) is 41.5 Å². The molecular weight excluding hydrogens is 1710 g/mol. The minimum absolute atomic E-state index is 0.808. The summed E-state index contributed by atoms with van der Waals surface area (Å²) in [5.41, 5.74) is 0. The third-order valence-electron chi connectivity index (χ3n) is 22.8. The van der Waals surface area contributed by atoms with Crippen molar-refractivity contribution in [1.29, 1.82) is 0 Å². The number of rotatable bonds is 32. The molecule has 0 saturated carbocycles. The Hall–Kier alpha value is -4.45. The monoisotopic (exact) mass is 1830 g/mol. The largest absolute Gasteiger partial charge is 0.394 e. The number of nitrogens with one attached hydrogen (secondary N) is 5. The van der Waals surface area contributed by atoms with Crippen LogP contribution in [0.3, 0.4) is 0 Å². The van der Waals surface area contributed by atoms with Gasteiger partial charge in [0, 0.05) is 34.6 Å². The molecule has 31 N–H and O–H groups in total. The zero-order valence-corrected chi connectivity index (χ0v) is 67.7. The molecule has 5 amide bonds. The molecule has 10 heterocycles. The van der Waals surface area contributed by atoms with Crippen LogP contribution in [0, 0.1) is 0 Å². The van der Waals surface area contributed by atoms with Crippen molar-refractivity contribution >= 4 is 29.5 Å². The smallest absolute Gasteiger partial charge is 0.217 e. The Morgan fingerprint density at radius 2 is 0.488 bits per heavy atom.